The summed E-state index contributed by atoms with van der Waals surface area (Å²) in [5, 5.41) is 0.549. The van der Waals surface area contributed by atoms with E-state index in [4.69, 9.17) is 0 Å². The molecule has 0 unspecified atom stereocenters. The van der Waals surface area contributed by atoms with Crippen molar-refractivity contribution in [3.8, 4) is 0 Å². The van der Waals surface area contributed by atoms with Gasteiger partial charge < -0.3 is 0 Å². The SMILES string of the molecule is C[C@@H]1C(=O)C[C@H](c2ccccc2)S[C@@H]1c1ccccc1. The van der Waals surface area contributed by atoms with Crippen LogP contribution in [0.4, 0.5) is 0 Å². The fourth-order valence-corrected chi connectivity index (χ4v) is 4.38. The Balaban J connectivity index is 1.89. The number of carbonyl (C=O) groups excluding carboxylic acids is 1. The molecule has 102 valence electrons. The molecule has 0 radical (unpaired) electrons. The molecule has 0 saturated carbocycles. The van der Waals surface area contributed by atoms with Gasteiger partial charge in [-0.2, -0.15) is 0 Å². The first-order valence-corrected chi connectivity index (χ1v) is 7.98. The van der Waals surface area contributed by atoms with E-state index in [9.17, 15) is 4.79 Å². The number of carbonyl (C=O) groups is 1. The second-order valence-corrected chi connectivity index (χ2v) is 6.67. The molecule has 2 heteroatoms. The highest BCUT2D eigenvalue weighted by Crippen LogP contribution is 2.51. The molecule has 0 N–H and O–H groups in total. The van der Waals surface area contributed by atoms with E-state index in [0.29, 0.717) is 12.2 Å². The largest absolute Gasteiger partial charge is 0.299 e. The Morgan fingerprint density at radius 1 is 0.900 bits per heavy atom. The highest BCUT2D eigenvalue weighted by Gasteiger charge is 2.35. The summed E-state index contributed by atoms with van der Waals surface area (Å²) >= 11 is 1.93. The van der Waals surface area contributed by atoms with Gasteiger partial charge in [0.05, 0.1) is 0 Å². The molecule has 2 aromatic rings. The Bertz CT molecular complexity index is 579. The first kappa shape index (κ1) is 13.4. The number of benzene rings is 2. The average molecular weight is 282 g/mol. The van der Waals surface area contributed by atoms with Crippen LogP contribution in [0.25, 0.3) is 0 Å². The molecule has 20 heavy (non-hydrogen) atoms. The van der Waals surface area contributed by atoms with Gasteiger partial charge in [0.25, 0.3) is 0 Å². The fourth-order valence-electron chi connectivity index (χ4n) is 2.75. The first-order chi connectivity index (χ1) is 9.75. The summed E-state index contributed by atoms with van der Waals surface area (Å²) in [6.45, 7) is 2.06. The Morgan fingerprint density at radius 3 is 2.05 bits per heavy atom. The molecule has 1 saturated heterocycles. The monoisotopic (exact) mass is 282 g/mol. The van der Waals surface area contributed by atoms with Crippen LogP contribution in [0, 0.1) is 5.92 Å². The van der Waals surface area contributed by atoms with E-state index in [1.165, 1.54) is 11.1 Å². The summed E-state index contributed by atoms with van der Waals surface area (Å²) in [7, 11) is 0. The van der Waals surface area contributed by atoms with Crippen molar-refractivity contribution in [2.45, 2.75) is 23.8 Å². The van der Waals surface area contributed by atoms with Crippen molar-refractivity contribution in [2.75, 3.05) is 0 Å². The number of Topliss-reactive ketones (excluding diaryl/α,β-unsaturated/α-hetero) is 1. The molecule has 0 amide bonds. The van der Waals surface area contributed by atoms with Crippen molar-refractivity contribution < 1.29 is 4.79 Å². The van der Waals surface area contributed by atoms with Crippen molar-refractivity contribution >= 4 is 17.5 Å². The quantitative estimate of drug-likeness (QED) is 0.786. The number of hydrogen-bond acceptors (Lipinski definition) is 2. The van der Waals surface area contributed by atoms with Crippen LogP contribution in [0.3, 0.4) is 0 Å². The van der Waals surface area contributed by atoms with E-state index in [2.05, 4.69) is 55.5 Å². The van der Waals surface area contributed by atoms with Gasteiger partial charge in [0, 0.05) is 22.8 Å². The molecule has 1 nitrogen and oxygen atoms in total. The van der Waals surface area contributed by atoms with Crippen molar-refractivity contribution in [3.63, 3.8) is 0 Å². The minimum atomic E-state index is 0.0994. The smallest absolute Gasteiger partial charge is 0.138 e. The Kier molecular flexibility index (Phi) is 3.93. The number of thioether (sulfide) groups is 1. The third-order valence-corrected chi connectivity index (χ3v) is 5.70. The van der Waals surface area contributed by atoms with Crippen molar-refractivity contribution in [1.82, 2.24) is 0 Å². The molecule has 3 rings (SSSR count). The zero-order chi connectivity index (χ0) is 13.9. The molecular weight excluding hydrogens is 264 g/mol. The standard InChI is InChI=1S/C18H18OS/c1-13-16(19)12-17(14-8-4-2-5-9-14)20-18(13)15-10-6-3-7-11-15/h2-11,13,17-18H,12H2,1H3/t13-,17-,18+/m1/s1. The van der Waals surface area contributed by atoms with Crippen LogP contribution in [0.1, 0.15) is 35.0 Å². The fraction of sp³-hybridized carbons (Fsp3) is 0.278. The maximum Gasteiger partial charge on any atom is 0.138 e. The van der Waals surface area contributed by atoms with Gasteiger partial charge in [-0.1, -0.05) is 67.6 Å². The summed E-state index contributed by atoms with van der Waals surface area (Å²) in [5.41, 5.74) is 2.53. The van der Waals surface area contributed by atoms with Crippen LogP contribution in [-0.4, -0.2) is 5.78 Å². The predicted molar refractivity (Wildman–Crippen MR) is 84.7 cm³/mol. The van der Waals surface area contributed by atoms with Gasteiger partial charge >= 0.3 is 0 Å². The van der Waals surface area contributed by atoms with E-state index < -0.39 is 0 Å². The minimum absolute atomic E-state index is 0.0994. The van der Waals surface area contributed by atoms with E-state index >= 15 is 0 Å². The molecule has 0 bridgehead atoms. The first-order valence-electron chi connectivity index (χ1n) is 7.04. The normalized spacial score (nSPS) is 26.4. The van der Waals surface area contributed by atoms with E-state index in [1.807, 2.05) is 23.9 Å². The molecule has 1 aliphatic rings. The lowest BCUT2D eigenvalue weighted by atomic mass is 9.92. The number of rotatable bonds is 2. The maximum atomic E-state index is 12.3. The molecule has 2 aromatic carbocycles. The topological polar surface area (TPSA) is 17.1 Å². The molecule has 0 aromatic heterocycles. The third kappa shape index (κ3) is 2.66. The third-order valence-electron chi connectivity index (χ3n) is 3.96. The Hall–Kier alpha value is -1.54. The molecule has 0 aliphatic carbocycles. The molecule has 0 spiro atoms. The second kappa shape index (κ2) is 5.84. The van der Waals surface area contributed by atoms with Crippen LogP contribution in [-0.2, 0) is 4.79 Å². The summed E-state index contributed by atoms with van der Waals surface area (Å²) in [6.07, 6.45) is 0.652. The van der Waals surface area contributed by atoms with Crippen LogP contribution < -0.4 is 0 Å². The minimum Gasteiger partial charge on any atom is -0.299 e. The van der Waals surface area contributed by atoms with E-state index in [0.717, 1.165) is 0 Å². The van der Waals surface area contributed by atoms with Crippen molar-refractivity contribution in [2.24, 2.45) is 5.92 Å². The van der Waals surface area contributed by atoms with Gasteiger partial charge in [-0.05, 0) is 11.1 Å². The van der Waals surface area contributed by atoms with Gasteiger partial charge in [0.2, 0.25) is 0 Å². The van der Waals surface area contributed by atoms with Crippen LogP contribution in [0.2, 0.25) is 0 Å². The summed E-state index contributed by atoms with van der Waals surface area (Å²) in [6, 6.07) is 20.8. The summed E-state index contributed by atoms with van der Waals surface area (Å²) < 4.78 is 0. The van der Waals surface area contributed by atoms with Gasteiger partial charge in [-0.25, -0.2) is 0 Å². The van der Waals surface area contributed by atoms with Crippen molar-refractivity contribution in [3.05, 3.63) is 71.8 Å². The zero-order valence-corrected chi connectivity index (χ0v) is 12.3. The number of hydrogen-bond donors (Lipinski definition) is 0. The lowest BCUT2D eigenvalue weighted by Crippen LogP contribution is -2.25. The highest BCUT2D eigenvalue weighted by atomic mass is 32.2. The van der Waals surface area contributed by atoms with Gasteiger partial charge in [0.1, 0.15) is 5.78 Å². The van der Waals surface area contributed by atoms with E-state index in [-0.39, 0.29) is 16.4 Å². The molecule has 1 aliphatic heterocycles. The van der Waals surface area contributed by atoms with Crippen molar-refractivity contribution in [1.29, 1.82) is 0 Å². The highest BCUT2D eigenvalue weighted by molar-refractivity contribution is 7.99. The van der Waals surface area contributed by atoms with Gasteiger partial charge in [-0.3, -0.25) is 4.79 Å². The lowest BCUT2D eigenvalue weighted by molar-refractivity contribution is -0.122. The Labute approximate surface area is 124 Å². The zero-order valence-electron chi connectivity index (χ0n) is 11.5. The molecule has 1 heterocycles. The molecule has 3 atom stereocenters. The molecule has 1 fully saturated rings. The van der Waals surface area contributed by atoms with Crippen LogP contribution in [0.15, 0.2) is 60.7 Å². The van der Waals surface area contributed by atoms with Crippen LogP contribution in [0.5, 0.6) is 0 Å². The summed E-state index contributed by atoms with van der Waals surface area (Å²) in [5.74, 6) is 0.480. The summed E-state index contributed by atoms with van der Waals surface area (Å²) in [4.78, 5) is 12.3. The van der Waals surface area contributed by atoms with Gasteiger partial charge in [0.15, 0.2) is 0 Å². The number of ketones is 1. The lowest BCUT2D eigenvalue weighted by Gasteiger charge is -2.33. The predicted octanol–water partition coefficient (Wildman–Crippen LogP) is 4.81. The molecular formula is C18H18OS. The van der Waals surface area contributed by atoms with Gasteiger partial charge in [-0.15, -0.1) is 11.8 Å². The second-order valence-electron chi connectivity index (χ2n) is 5.33. The van der Waals surface area contributed by atoms with Crippen LogP contribution >= 0.6 is 11.8 Å². The maximum absolute atomic E-state index is 12.3. The van der Waals surface area contributed by atoms with E-state index in [1.54, 1.807) is 0 Å². The average Bonchev–Trinajstić information content (AvgIpc) is 2.51. The Morgan fingerprint density at radius 2 is 1.45 bits per heavy atom.